The highest BCUT2D eigenvalue weighted by atomic mass is 32.1. The van der Waals surface area contributed by atoms with Crippen LogP contribution in [0.25, 0.3) is 0 Å². The first-order valence-corrected chi connectivity index (χ1v) is 5.95. The lowest BCUT2D eigenvalue weighted by Crippen LogP contribution is -2.32. The number of nitrogens with zero attached hydrogens (tertiary/aromatic N) is 2. The largest absolute Gasteiger partial charge is 0.631 e. The van der Waals surface area contributed by atoms with E-state index in [1.807, 2.05) is 38.0 Å². The van der Waals surface area contributed by atoms with Gasteiger partial charge in [-0.2, -0.15) is 0 Å². The van der Waals surface area contributed by atoms with Gasteiger partial charge in [0, 0.05) is 28.2 Å². The third-order valence-corrected chi connectivity index (χ3v) is 1.50. The van der Waals surface area contributed by atoms with Crippen LogP contribution in [0.3, 0.4) is 0 Å². The van der Waals surface area contributed by atoms with Crippen molar-refractivity contribution in [2.75, 3.05) is 28.2 Å². The minimum absolute atomic E-state index is 0.852. The van der Waals surface area contributed by atoms with Crippen LogP contribution in [0.1, 0.15) is 0 Å². The Hall–Kier alpha value is -0.530. The van der Waals surface area contributed by atoms with Crippen LogP contribution in [0.5, 0.6) is 0 Å². The monoisotopic (exact) mass is 380 g/mol. The Morgan fingerprint density at radius 3 is 0.583 bits per heavy atom. The SMILES string of the molecule is CN(C)C(=S)N(C)C.OB(O)O.OB(O)O.OB(O)O.OB(O)O. The molecular weight excluding hydrogens is 355 g/mol. The van der Waals surface area contributed by atoms with Crippen molar-refractivity contribution in [1.29, 1.82) is 0 Å². The highest BCUT2D eigenvalue weighted by molar-refractivity contribution is 7.80. The van der Waals surface area contributed by atoms with E-state index in [0.717, 1.165) is 5.11 Å². The van der Waals surface area contributed by atoms with E-state index in [2.05, 4.69) is 0 Å². The molecule has 0 fully saturated rings. The zero-order valence-electron chi connectivity index (χ0n) is 13.5. The lowest BCUT2D eigenvalue weighted by Gasteiger charge is -2.20. The summed E-state index contributed by atoms with van der Waals surface area (Å²) in [5, 5.41) is 86.9. The molecule has 0 radical (unpaired) electrons. The van der Waals surface area contributed by atoms with E-state index in [1.54, 1.807) is 0 Å². The highest BCUT2D eigenvalue weighted by Crippen LogP contribution is 1.84. The second kappa shape index (κ2) is 24.7. The van der Waals surface area contributed by atoms with Crippen LogP contribution in [0.2, 0.25) is 0 Å². The average molecular weight is 380 g/mol. The number of thiocarbonyl (C=S) groups is 1. The average Bonchev–Trinajstić information content (AvgIpc) is 2.24. The molecule has 19 heteroatoms. The van der Waals surface area contributed by atoms with Crippen molar-refractivity contribution in [3.05, 3.63) is 0 Å². The Balaban J connectivity index is -0.0000000657. The van der Waals surface area contributed by atoms with Gasteiger partial charge in [0.25, 0.3) is 0 Å². The molecule has 0 saturated carbocycles. The van der Waals surface area contributed by atoms with Crippen LogP contribution >= 0.6 is 12.2 Å². The maximum Gasteiger partial charge on any atom is 0.631 e. The Morgan fingerprint density at radius 1 is 0.500 bits per heavy atom. The van der Waals surface area contributed by atoms with Gasteiger partial charge in [0.15, 0.2) is 5.11 Å². The van der Waals surface area contributed by atoms with Crippen molar-refractivity contribution >= 4 is 46.6 Å². The molecule has 12 N–H and O–H groups in total. The predicted octanol–water partition coefficient (Wildman–Crippen LogP) is -7.81. The molecule has 0 aromatic carbocycles. The molecule has 0 aliphatic rings. The molecule has 14 nitrogen and oxygen atoms in total. The quantitative estimate of drug-likeness (QED) is 0.138. The van der Waals surface area contributed by atoms with E-state index in [1.165, 1.54) is 0 Å². The van der Waals surface area contributed by atoms with Crippen molar-refractivity contribution in [3.8, 4) is 0 Å². The van der Waals surface area contributed by atoms with Gasteiger partial charge in [-0.15, -0.1) is 0 Å². The zero-order valence-corrected chi connectivity index (χ0v) is 14.3. The van der Waals surface area contributed by atoms with Crippen LogP contribution in [-0.2, 0) is 0 Å². The second-order valence-electron chi connectivity index (χ2n) is 3.46. The van der Waals surface area contributed by atoms with E-state index in [4.69, 9.17) is 72.5 Å². The van der Waals surface area contributed by atoms with Crippen LogP contribution in [0.4, 0.5) is 0 Å². The van der Waals surface area contributed by atoms with Crippen molar-refractivity contribution < 1.29 is 60.3 Å². The van der Waals surface area contributed by atoms with Crippen molar-refractivity contribution in [2.24, 2.45) is 0 Å². The van der Waals surface area contributed by atoms with Crippen molar-refractivity contribution in [3.63, 3.8) is 0 Å². The lowest BCUT2D eigenvalue weighted by molar-refractivity contribution is 0.276. The molecule has 0 aromatic rings. The fourth-order valence-corrected chi connectivity index (χ4v) is 0.400. The smallest absolute Gasteiger partial charge is 0.402 e. The van der Waals surface area contributed by atoms with Gasteiger partial charge in [-0.25, -0.2) is 0 Å². The first kappa shape index (κ1) is 34.7. The maximum absolute atomic E-state index is 7.17. The summed E-state index contributed by atoms with van der Waals surface area (Å²) in [5.74, 6) is 0. The normalized spacial score (nSPS) is 7.33. The van der Waals surface area contributed by atoms with Crippen LogP contribution < -0.4 is 0 Å². The molecule has 24 heavy (non-hydrogen) atoms. The van der Waals surface area contributed by atoms with Gasteiger partial charge in [0.2, 0.25) is 0 Å². The fourth-order valence-electron chi connectivity index (χ4n) is 0.400. The Bertz CT molecular complexity index is 204. The van der Waals surface area contributed by atoms with E-state index < -0.39 is 29.3 Å². The Labute approximate surface area is 145 Å². The summed E-state index contributed by atoms with van der Waals surface area (Å²) in [6.07, 6.45) is 0. The van der Waals surface area contributed by atoms with Gasteiger partial charge in [0.1, 0.15) is 0 Å². The second-order valence-corrected chi connectivity index (χ2v) is 3.82. The van der Waals surface area contributed by atoms with E-state index >= 15 is 0 Å². The number of hydrogen-bond donors (Lipinski definition) is 12. The van der Waals surface area contributed by atoms with E-state index in [0.29, 0.717) is 0 Å². The molecule has 0 aliphatic carbocycles. The van der Waals surface area contributed by atoms with Crippen LogP contribution in [0, 0.1) is 0 Å². The van der Waals surface area contributed by atoms with Crippen molar-refractivity contribution in [2.45, 2.75) is 0 Å². The van der Waals surface area contributed by atoms with Gasteiger partial charge in [-0.3, -0.25) is 0 Å². The molecule has 0 heterocycles. The molecule has 0 rings (SSSR count). The standard InChI is InChI=1S/C5H12N2S.4BH3O3/c1-6(2)5(8)7(3)4;4*2-1(3)4/h1-4H3;4*2-4H. The molecule has 0 amide bonds. The van der Waals surface area contributed by atoms with E-state index in [-0.39, 0.29) is 0 Å². The maximum atomic E-state index is 7.17. The molecule has 144 valence electrons. The minimum Gasteiger partial charge on any atom is -0.402 e. The molecule has 0 atom stereocenters. The third-order valence-electron chi connectivity index (χ3n) is 0.765. The summed E-state index contributed by atoms with van der Waals surface area (Å²) < 4.78 is 0. The molecule has 0 spiro atoms. The first-order chi connectivity index (χ1) is 10.5. The molecule has 0 aromatic heterocycles. The Morgan fingerprint density at radius 2 is 0.583 bits per heavy atom. The zero-order chi connectivity index (χ0) is 21.0. The number of rotatable bonds is 0. The summed E-state index contributed by atoms with van der Waals surface area (Å²) in [7, 11) is -0.935. The summed E-state index contributed by atoms with van der Waals surface area (Å²) in [6, 6.07) is 0. The molecule has 0 aliphatic heterocycles. The highest BCUT2D eigenvalue weighted by Gasteiger charge is 1.97. The summed E-state index contributed by atoms with van der Waals surface area (Å²) in [6.45, 7) is 0. The van der Waals surface area contributed by atoms with Gasteiger partial charge in [0.05, 0.1) is 0 Å². The van der Waals surface area contributed by atoms with Gasteiger partial charge >= 0.3 is 29.3 Å². The lowest BCUT2D eigenvalue weighted by atomic mass is 10.3. The van der Waals surface area contributed by atoms with Crippen molar-refractivity contribution in [1.82, 2.24) is 9.80 Å². The topological polar surface area (TPSA) is 249 Å². The minimum atomic E-state index is -2.17. The Kier molecular flexibility index (Phi) is 35.8. The summed E-state index contributed by atoms with van der Waals surface area (Å²) in [5.41, 5.74) is 0. The summed E-state index contributed by atoms with van der Waals surface area (Å²) in [4.78, 5) is 3.80. The predicted molar refractivity (Wildman–Crippen MR) is 89.6 cm³/mol. The fraction of sp³-hybridized carbons (Fsp3) is 0.800. The van der Waals surface area contributed by atoms with Gasteiger partial charge in [-0.05, 0) is 12.2 Å². The molecule has 0 saturated heterocycles. The first-order valence-electron chi connectivity index (χ1n) is 5.54. The molecule has 0 bridgehead atoms. The number of hydrogen-bond acceptors (Lipinski definition) is 13. The van der Waals surface area contributed by atoms with Crippen LogP contribution in [-0.4, -0.2) is 133 Å². The molecular formula is C5H24B4N2O12S. The van der Waals surface area contributed by atoms with Gasteiger partial charge < -0.3 is 70.1 Å². The molecule has 0 unspecified atom stereocenters. The van der Waals surface area contributed by atoms with Gasteiger partial charge in [-0.1, -0.05) is 0 Å². The third kappa shape index (κ3) is 161. The summed E-state index contributed by atoms with van der Waals surface area (Å²) >= 11 is 4.95. The van der Waals surface area contributed by atoms with E-state index in [9.17, 15) is 0 Å². The van der Waals surface area contributed by atoms with Crippen LogP contribution in [0.15, 0.2) is 0 Å².